The third-order valence-corrected chi connectivity index (χ3v) is 5.77. The zero-order valence-corrected chi connectivity index (χ0v) is 12.1. The highest BCUT2D eigenvalue weighted by atomic mass is 31.1. The van der Waals surface area contributed by atoms with Gasteiger partial charge in [-0.25, -0.2) is 0 Å². The fourth-order valence-corrected chi connectivity index (χ4v) is 4.70. The molecule has 0 heterocycles. The molecular weight excluding hydrogens is 287 g/mol. The summed E-state index contributed by atoms with van der Waals surface area (Å²) in [6, 6.07) is 18.5. The minimum Gasteiger partial charge on any atom is -0.481 e. The predicted octanol–water partition coefficient (Wildman–Crippen LogP) is 2.05. The summed E-state index contributed by atoms with van der Waals surface area (Å²) in [7, 11) is -1.27. The van der Waals surface area contributed by atoms with E-state index in [1.807, 2.05) is 60.7 Å². The van der Waals surface area contributed by atoms with Crippen LogP contribution in [-0.4, -0.2) is 27.8 Å². The van der Waals surface area contributed by atoms with E-state index in [2.05, 4.69) is 0 Å². The molecule has 2 aromatic carbocycles. The van der Waals surface area contributed by atoms with E-state index in [-0.39, 0.29) is 6.42 Å². The lowest BCUT2D eigenvalue weighted by molar-refractivity contribution is -0.143. The van der Waals surface area contributed by atoms with Gasteiger partial charge in [0.05, 0.1) is 12.1 Å². The molecular formula is C16H15O4P. The molecule has 0 amide bonds. The molecule has 0 saturated carbocycles. The Morgan fingerprint density at radius 3 is 1.62 bits per heavy atom. The molecule has 1 unspecified atom stereocenters. The van der Waals surface area contributed by atoms with Crippen molar-refractivity contribution in [1.29, 1.82) is 0 Å². The molecule has 5 heteroatoms. The molecule has 0 aromatic heterocycles. The summed E-state index contributed by atoms with van der Waals surface area (Å²) in [6.45, 7) is 0. The molecule has 0 aliphatic carbocycles. The zero-order valence-electron chi connectivity index (χ0n) is 11.2. The molecule has 0 aliphatic rings. The molecule has 21 heavy (non-hydrogen) atoms. The summed E-state index contributed by atoms with van der Waals surface area (Å²) in [5, 5.41) is 20.2. The summed E-state index contributed by atoms with van der Waals surface area (Å²) in [5.74, 6) is -2.17. The molecule has 2 aromatic rings. The third-order valence-electron chi connectivity index (χ3n) is 3.03. The van der Waals surface area contributed by atoms with Crippen LogP contribution < -0.4 is 10.6 Å². The molecule has 2 rings (SSSR count). The van der Waals surface area contributed by atoms with Crippen LogP contribution in [0.1, 0.15) is 6.42 Å². The topological polar surface area (TPSA) is 74.6 Å². The van der Waals surface area contributed by atoms with E-state index in [1.165, 1.54) is 0 Å². The molecule has 4 nitrogen and oxygen atoms in total. The van der Waals surface area contributed by atoms with Gasteiger partial charge >= 0.3 is 11.9 Å². The van der Waals surface area contributed by atoms with Gasteiger partial charge in [-0.15, -0.1) is 0 Å². The number of carboxylic acid groups (broad SMARTS) is 2. The van der Waals surface area contributed by atoms with Crippen LogP contribution in [0.25, 0.3) is 0 Å². The maximum absolute atomic E-state index is 11.6. The van der Waals surface area contributed by atoms with Gasteiger partial charge in [-0.2, -0.15) is 0 Å². The number of benzene rings is 2. The van der Waals surface area contributed by atoms with Gasteiger partial charge in [-0.3, -0.25) is 9.59 Å². The van der Waals surface area contributed by atoms with Gasteiger partial charge in [0.25, 0.3) is 0 Å². The first-order valence-corrected chi connectivity index (χ1v) is 7.84. The van der Waals surface area contributed by atoms with Crippen LogP contribution in [0.15, 0.2) is 60.7 Å². The molecule has 0 saturated heterocycles. The van der Waals surface area contributed by atoms with Crippen LogP contribution in [0.3, 0.4) is 0 Å². The van der Waals surface area contributed by atoms with Gasteiger partial charge in [-0.05, 0) is 18.5 Å². The van der Waals surface area contributed by atoms with E-state index in [9.17, 15) is 14.7 Å². The van der Waals surface area contributed by atoms with Crippen molar-refractivity contribution >= 4 is 30.5 Å². The molecule has 0 spiro atoms. The monoisotopic (exact) mass is 302 g/mol. The Balaban J connectivity index is 2.49. The number of rotatable bonds is 6. The third kappa shape index (κ3) is 3.89. The standard InChI is InChI=1S/C16H15O4P/c17-15(18)11-14(16(19)20)21(12-7-3-1-4-8-12)13-9-5-2-6-10-13/h1-10,14H,11H2,(H,17,18)(H,19,20). The van der Waals surface area contributed by atoms with Crippen LogP contribution in [0, 0.1) is 0 Å². The van der Waals surface area contributed by atoms with Crippen molar-refractivity contribution in [3.63, 3.8) is 0 Å². The van der Waals surface area contributed by atoms with Crippen molar-refractivity contribution in [3.05, 3.63) is 60.7 Å². The summed E-state index contributed by atoms with van der Waals surface area (Å²) < 4.78 is 0. The zero-order chi connectivity index (χ0) is 15.2. The Bertz CT molecular complexity index is 573. The van der Waals surface area contributed by atoms with Gasteiger partial charge in [0.1, 0.15) is 0 Å². The van der Waals surface area contributed by atoms with E-state index in [0.29, 0.717) is 0 Å². The summed E-state index contributed by atoms with van der Waals surface area (Å²) in [5.41, 5.74) is -0.942. The van der Waals surface area contributed by atoms with Crippen molar-refractivity contribution in [2.24, 2.45) is 0 Å². The SMILES string of the molecule is O=C(O)CC(C(=O)O)P(c1ccccc1)c1ccccc1. The molecule has 0 bridgehead atoms. The molecule has 2 N–H and O–H groups in total. The molecule has 0 radical (unpaired) electrons. The lowest BCUT2D eigenvalue weighted by atomic mass is 10.3. The van der Waals surface area contributed by atoms with Gasteiger partial charge in [-0.1, -0.05) is 60.7 Å². The van der Waals surface area contributed by atoms with Gasteiger partial charge in [0, 0.05) is 0 Å². The summed E-state index contributed by atoms with van der Waals surface area (Å²) in [6.07, 6.45) is -0.384. The summed E-state index contributed by atoms with van der Waals surface area (Å²) in [4.78, 5) is 22.6. The molecule has 0 aliphatic heterocycles. The van der Waals surface area contributed by atoms with Crippen molar-refractivity contribution in [2.75, 3.05) is 0 Å². The second-order valence-corrected chi connectivity index (χ2v) is 6.89. The Hall–Kier alpha value is -2.19. The quantitative estimate of drug-likeness (QED) is 0.801. The number of hydrogen-bond donors (Lipinski definition) is 2. The Kier molecular flexibility index (Phi) is 5.07. The first-order chi connectivity index (χ1) is 10.1. The fraction of sp³-hybridized carbons (Fsp3) is 0.125. The molecule has 0 fully saturated rings. The van der Waals surface area contributed by atoms with E-state index in [0.717, 1.165) is 10.6 Å². The smallest absolute Gasteiger partial charge is 0.312 e. The normalized spacial score (nSPS) is 12.0. The minimum absolute atomic E-state index is 0.384. The Labute approximate surface area is 123 Å². The van der Waals surface area contributed by atoms with E-state index < -0.39 is 25.5 Å². The van der Waals surface area contributed by atoms with E-state index >= 15 is 0 Å². The van der Waals surface area contributed by atoms with Gasteiger partial charge in [0.2, 0.25) is 0 Å². The number of carbonyl (C=O) groups is 2. The van der Waals surface area contributed by atoms with Crippen molar-refractivity contribution in [2.45, 2.75) is 12.1 Å². The van der Waals surface area contributed by atoms with Crippen LogP contribution in [0.2, 0.25) is 0 Å². The number of carboxylic acids is 2. The lowest BCUT2D eigenvalue weighted by Gasteiger charge is -2.24. The minimum atomic E-state index is -1.27. The first kappa shape index (κ1) is 15.2. The van der Waals surface area contributed by atoms with Gasteiger partial charge in [0.15, 0.2) is 0 Å². The summed E-state index contributed by atoms with van der Waals surface area (Å²) >= 11 is 0. The Morgan fingerprint density at radius 2 is 1.29 bits per heavy atom. The lowest BCUT2D eigenvalue weighted by Crippen LogP contribution is -2.30. The first-order valence-electron chi connectivity index (χ1n) is 6.43. The van der Waals surface area contributed by atoms with Crippen LogP contribution in [-0.2, 0) is 9.59 Å². The van der Waals surface area contributed by atoms with E-state index in [1.54, 1.807) is 0 Å². The highest BCUT2D eigenvalue weighted by Crippen LogP contribution is 2.41. The van der Waals surface area contributed by atoms with Crippen molar-refractivity contribution in [1.82, 2.24) is 0 Å². The van der Waals surface area contributed by atoms with E-state index in [4.69, 9.17) is 5.11 Å². The maximum atomic E-state index is 11.6. The van der Waals surface area contributed by atoms with Crippen LogP contribution >= 0.6 is 7.92 Å². The Morgan fingerprint density at radius 1 is 0.857 bits per heavy atom. The second-order valence-electron chi connectivity index (χ2n) is 4.49. The average Bonchev–Trinajstić information content (AvgIpc) is 2.48. The number of aliphatic carboxylic acids is 2. The van der Waals surface area contributed by atoms with Gasteiger partial charge < -0.3 is 10.2 Å². The molecule has 1 atom stereocenters. The van der Waals surface area contributed by atoms with Crippen molar-refractivity contribution in [3.8, 4) is 0 Å². The predicted molar refractivity (Wildman–Crippen MR) is 82.7 cm³/mol. The van der Waals surface area contributed by atoms with Crippen LogP contribution in [0.4, 0.5) is 0 Å². The highest BCUT2D eigenvalue weighted by molar-refractivity contribution is 7.74. The number of hydrogen-bond acceptors (Lipinski definition) is 2. The highest BCUT2D eigenvalue weighted by Gasteiger charge is 2.32. The van der Waals surface area contributed by atoms with Crippen molar-refractivity contribution < 1.29 is 19.8 Å². The largest absolute Gasteiger partial charge is 0.481 e. The molecule has 108 valence electrons. The van der Waals surface area contributed by atoms with Crippen LogP contribution in [0.5, 0.6) is 0 Å². The fourth-order valence-electron chi connectivity index (χ4n) is 2.14. The second kappa shape index (κ2) is 7.00. The average molecular weight is 302 g/mol. The maximum Gasteiger partial charge on any atom is 0.312 e.